The summed E-state index contributed by atoms with van der Waals surface area (Å²) < 4.78 is 22.9. The number of aromatic nitrogens is 4. The summed E-state index contributed by atoms with van der Waals surface area (Å²) in [5.41, 5.74) is -0.0454. The molecule has 0 spiro atoms. The zero-order chi connectivity index (χ0) is 25.9. The Morgan fingerprint density at radius 3 is 2.00 bits per heavy atom. The SMILES string of the molecule is CC(=O)OC(C)[C@@H](OC(C)=O)[C@H](OC(C)=O)[C@@H](OC(C)=O)c1nnc2[nH]c(=O)c3ccccc3n12. The van der Waals surface area contributed by atoms with Gasteiger partial charge in [-0.05, 0) is 19.1 Å². The molecule has 3 rings (SSSR count). The first-order valence-corrected chi connectivity index (χ1v) is 10.5. The number of carbonyl (C=O) groups is 4. The first-order chi connectivity index (χ1) is 16.5. The highest BCUT2D eigenvalue weighted by Crippen LogP contribution is 2.30. The lowest BCUT2D eigenvalue weighted by Gasteiger charge is -2.33. The lowest BCUT2D eigenvalue weighted by Crippen LogP contribution is -2.48. The number of para-hydroxylation sites is 1. The van der Waals surface area contributed by atoms with Crippen molar-refractivity contribution >= 4 is 40.6 Å². The second-order valence-electron chi connectivity index (χ2n) is 7.68. The van der Waals surface area contributed by atoms with Gasteiger partial charge in [-0.25, -0.2) is 0 Å². The summed E-state index contributed by atoms with van der Waals surface area (Å²) in [5.74, 6) is -3.04. The Morgan fingerprint density at radius 2 is 1.40 bits per heavy atom. The molecule has 1 aromatic carbocycles. The van der Waals surface area contributed by atoms with Crippen molar-refractivity contribution in [1.82, 2.24) is 19.6 Å². The van der Waals surface area contributed by atoms with Crippen LogP contribution in [0.15, 0.2) is 29.1 Å². The molecule has 0 fully saturated rings. The summed E-state index contributed by atoms with van der Waals surface area (Å²) in [6.07, 6.45) is -5.50. The fraction of sp³-hybridized carbons (Fsp3) is 0.409. The Kier molecular flexibility index (Phi) is 7.47. The highest BCUT2D eigenvalue weighted by atomic mass is 16.6. The number of ether oxygens (including phenoxy) is 4. The van der Waals surface area contributed by atoms with Gasteiger partial charge in [0, 0.05) is 27.7 Å². The van der Waals surface area contributed by atoms with Crippen LogP contribution in [0.25, 0.3) is 16.7 Å². The maximum Gasteiger partial charge on any atom is 0.303 e. The molecule has 0 bridgehead atoms. The van der Waals surface area contributed by atoms with E-state index in [0.717, 1.165) is 27.7 Å². The Hall–Kier alpha value is -4.29. The van der Waals surface area contributed by atoms with E-state index < -0.39 is 53.9 Å². The third-order valence-corrected chi connectivity index (χ3v) is 4.89. The molecule has 186 valence electrons. The van der Waals surface area contributed by atoms with Crippen LogP contribution in [-0.2, 0) is 38.1 Å². The number of fused-ring (bicyclic) bond motifs is 3. The normalized spacial score (nSPS) is 14.5. The standard InChI is InChI=1S/C22H24N4O9/c1-10(32-11(2)27)17(33-12(3)28)18(34-13(4)29)19(35-14(5)30)20-24-25-22-23-21(31)15-8-6-7-9-16(15)26(20)22/h6-10,17-19H,1-5H3,(H,23,25,31)/t10?,17-,18+,19-/m1/s1. The summed E-state index contributed by atoms with van der Waals surface area (Å²) in [5, 5.41) is 8.33. The summed E-state index contributed by atoms with van der Waals surface area (Å²) in [6.45, 7) is 5.92. The minimum absolute atomic E-state index is 0.0273. The van der Waals surface area contributed by atoms with Crippen molar-refractivity contribution in [3.63, 3.8) is 0 Å². The van der Waals surface area contributed by atoms with E-state index in [-0.39, 0.29) is 17.0 Å². The third kappa shape index (κ3) is 5.62. The predicted octanol–water partition coefficient (Wildman–Crippen LogP) is 0.990. The number of rotatable bonds is 8. The molecule has 4 atom stereocenters. The summed E-state index contributed by atoms with van der Waals surface area (Å²) in [6, 6.07) is 6.54. The predicted molar refractivity (Wildman–Crippen MR) is 118 cm³/mol. The quantitative estimate of drug-likeness (QED) is 0.354. The molecule has 0 amide bonds. The van der Waals surface area contributed by atoms with Gasteiger partial charge in [0.1, 0.15) is 6.10 Å². The molecular formula is C22H24N4O9. The van der Waals surface area contributed by atoms with E-state index in [9.17, 15) is 24.0 Å². The van der Waals surface area contributed by atoms with Gasteiger partial charge in [-0.2, -0.15) is 0 Å². The topological polar surface area (TPSA) is 168 Å². The molecule has 0 saturated carbocycles. The average Bonchev–Trinajstić information content (AvgIpc) is 3.17. The first-order valence-electron chi connectivity index (χ1n) is 10.5. The van der Waals surface area contributed by atoms with E-state index in [1.54, 1.807) is 24.3 Å². The molecule has 13 nitrogen and oxygen atoms in total. The van der Waals surface area contributed by atoms with Gasteiger partial charge in [-0.3, -0.25) is 33.4 Å². The third-order valence-electron chi connectivity index (χ3n) is 4.89. The second-order valence-corrected chi connectivity index (χ2v) is 7.68. The number of benzene rings is 1. The Labute approximate surface area is 198 Å². The molecule has 35 heavy (non-hydrogen) atoms. The van der Waals surface area contributed by atoms with E-state index in [2.05, 4.69) is 15.2 Å². The second kappa shape index (κ2) is 10.3. The molecule has 0 saturated heterocycles. The monoisotopic (exact) mass is 488 g/mol. The van der Waals surface area contributed by atoms with Crippen LogP contribution in [0.2, 0.25) is 0 Å². The summed E-state index contributed by atoms with van der Waals surface area (Å²) in [7, 11) is 0. The minimum atomic E-state index is -1.51. The van der Waals surface area contributed by atoms with Gasteiger partial charge in [-0.15, -0.1) is 10.2 Å². The number of nitrogens with zero attached hydrogens (tertiary/aromatic N) is 3. The summed E-state index contributed by atoms with van der Waals surface area (Å²) >= 11 is 0. The fourth-order valence-corrected chi connectivity index (χ4v) is 3.72. The molecule has 0 aliphatic carbocycles. The van der Waals surface area contributed by atoms with Crippen molar-refractivity contribution in [2.24, 2.45) is 0 Å². The van der Waals surface area contributed by atoms with Crippen molar-refractivity contribution in [3.8, 4) is 0 Å². The zero-order valence-corrected chi connectivity index (χ0v) is 19.6. The van der Waals surface area contributed by atoms with Crippen LogP contribution in [0.5, 0.6) is 0 Å². The number of esters is 4. The van der Waals surface area contributed by atoms with E-state index in [4.69, 9.17) is 18.9 Å². The van der Waals surface area contributed by atoms with Crippen molar-refractivity contribution in [2.75, 3.05) is 0 Å². The number of carbonyl (C=O) groups excluding carboxylic acids is 4. The van der Waals surface area contributed by atoms with E-state index in [1.807, 2.05) is 0 Å². The van der Waals surface area contributed by atoms with Crippen LogP contribution in [0, 0.1) is 0 Å². The molecule has 0 aliphatic heterocycles. The Bertz CT molecular complexity index is 1350. The lowest BCUT2D eigenvalue weighted by molar-refractivity contribution is -0.198. The number of hydrogen-bond donors (Lipinski definition) is 1. The van der Waals surface area contributed by atoms with Crippen molar-refractivity contribution < 1.29 is 38.1 Å². The van der Waals surface area contributed by atoms with Gasteiger partial charge in [0.15, 0.2) is 18.0 Å². The molecule has 0 radical (unpaired) electrons. The van der Waals surface area contributed by atoms with Crippen LogP contribution in [0.4, 0.5) is 0 Å². The molecule has 2 aromatic heterocycles. The molecule has 13 heteroatoms. The Balaban J connectivity index is 2.27. The highest BCUT2D eigenvalue weighted by Gasteiger charge is 2.44. The summed E-state index contributed by atoms with van der Waals surface area (Å²) in [4.78, 5) is 62.7. The zero-order valence-electron chi connectivity index (χ0n) is 19.6. The molecular weight excluding hydrogens is 464 g/mol. The van der Waals surface area contributed by atoms with E-state index in [1.165, 1.54) is 11.3 Å². The van der Waals surface area contributed by atoms with Crippen LogP contribution in [0.3, 0.4) is 0 Å². The van der Waals surface area contributed by atoms with Gasteiger partial charge in [-0.1, -0.05) is 12.1 Å². The maximum atomic E-state index is 12.5. The number of H-pyrrole nitrogens is 1. The van der Waals surface area contributed by atoms with Crippen molar-refractivity contribution in [3.05, 3.63) is 40.4 Å². The Morgan fingerprint density at radius 1 is 0.829 bits per heavy atom. The van der Waals surface area contributed by atoms with Gasteiger partial charge in [0.25, 0.3) is 5.56 Å². The molecule has 2 heterocycles. The van der Waals surface area contributed by atoms with Gasteiger partial charge < -0.3 is 18.9 Å². The fourth-order valence-electron chi connectivity index (χ4n) is 3.72. The largest absolute Gasteiger partial charge is 0.459 e. The average molecular weight is 488 g/mol. The van der Waals surface area contributed by atoms with E-state index >= 15 is 0 Å². The van der Waals surface area contributed by atoms with Crippen molar-refractivity contribution in [2.45, 2.75) is 59.0 Å². The van der Waals surface area contributed by atoms with Crippen LogP contribution < -0.4 is 5.56 Å². The van der Waals surface area contributed by atoms with Gasteiger partial charge >= 0.3 is 23.9 Å². The first kappa shape index (κ1) is 25.3. The molecule has 0 aliphatic rings. The number of nitrogens with one attached hydrogen (secondary N) is 1. The maximum absolute atomic E-state index is 12.5. The lowest BCUT2D eigenvalue weighted by atomic mass is 10.0. The van der Waals surface area contributed by atoms with Crippen LogP contribution in [0.1, 0.15) is 46.5 Å². The smallest absolute Gasteiger partial charge is 0.303 e. The van der Waals surface area contributed by atoms with Crippen LogP contribution >= 0.6 is 0 Å². The number of hydrogen-bond acceptors (Lipinski definition) is 11. The number of aromatic amines is 1. The van der Waals surface area contributed by atoms with Crippen molar-refractivity contribution in [1.29, 1.82) is 0 Å². The van der Waals surface area contributed by atoms with Crippen LogP contribution in [-0.4, -0.2) is 61.8 Å². The molecule has 1 unspecified atom stereocenters. The van der Waals surface area contributed by atoms with Gasteiger partial charge in [0.2, 0.25) is 11.9 Å². The molecule has 1 N–H and O–H groups in total. The minimum Gasteiger partial charge on any atom is -0.459 e. The van der Waals surface area contributed by atoms with Gasteiger partial charge in [0.05, 0.1) is 10.9 Å². The highest BCUT2D eigenvalue weighted by molar-refractivity contribution is 5.80. The van der Waals surface area contributed by atoms with E-state index in [0.29, 0.717) is 5.52 Å². The molecule has 3 aromatic rings.